The first-order chi connectivity index (χ1) is 8.97. The van der Waals surface area contributed by atoms with Gasteiger partial charge in [-0.05, 0) is 43.4 Å². The van der Waals surface area contributed by atoms with E-state index in [1.165, 1.54) is 38.8 Å². The second kappa shape index (κ2) is 6.58. The zero-order chi connectivity index (χ0) is 14.0. The van der Waals surface area contributed by atoms with E-state index in [1.807, 2.05) is 0 Å². The van der Waals surface area contributed by atoms with Crippen LogP contribution in [0, 0.1) is 17.8 Å². The number of nitrogens with one attached hydrogen (secondary N) is 1. The largest absolute Gasteiger partial charge is 0.311 e. The van der Waals surface area contributed by atoms with Gasteiger partial charge in [0.05, 0.1) is 0 Å². The van der Waals surface area contributed by atoms with Crippen molar-refractivity contribution >= 4 is 0 Å². The normalized spacial score (nSPS) is 37.4. The smallest absolute Gasteiger partial charge is 0.0247 e. The maximum atomic E-state index is 3.80. The van der Waals surface area contributed by atoms with Crippen LogP contribution < -0.4 is 5.32 Å². The van der Waals surface area contributed by atoms with Gasteiger partial charge < -0.3 is 5.32 Å². The third-order valence-electron chi connectivity index (χ3n) is 5.13. The average Bonchev–Trinajstić information content (AvgIpc) is 2.74. The van der Waals surface area contributed by atoms with Crippen LogP contribution in [0.4, 0.5) is 0 Å². The molecule has 0 amide bonds. The van der Waals surface area contributed by atoms with E-state index in [-0.39, 0.29) is 0 Å². The predicted octanol–water partition coefficient (Wildman–Crippen LogP) is 3.52. The Morgan fingerprint density at radius 3 is 2.42 bits per heavy atom. The first-order valence-corrected chi connectivity index (χ1v) is 8.46. The standard InChI is InChI=1S/C17H34N2/c1-12(2)8-15-11-19(16-7-6-14(5)9-16)17(10-18-15)13(3)4/h12-18H,6-11H2,1-5H3. The van der Waals surface area contributed by atoms with Crippen LogP contribution in [-0.2, 0) is 0 Å². The van der Waals surface area contributed by atoms with E-state index in [2.05, 4.69) is 44.8 Å². The average molecular weight is 266 g/mol. The summed E-state index contributed by atoms with van der Waals surface area (Å²) < 4.78 is 0. The van der Waals surface area contributed by atoms with Crippen molar-refractivity contribution in [1.82, 2.24) is 10.2 Å². The van der Waals surface area contributed by atoms with Gasteiger partial charge in [0.25, 0.3) is 0 Å². The second-order valence-corrected chi connectivity index (χ2v) is 7.81. The van der Waals surface area contributed by atoms with Gasteiger partial charge in [0.2, 0.25) is 0 Å². The van der Waals surface area contributed by atoms with Crippen LogP contribution in [0.3, 0.4) is 0 Å². The van der Waals surface area contributed by atoms with Crippen LogP contribution in [0.1, 0.15) is 60.3 Å². The van der Waals surface area contributed by atoms with Crippen molar-refractivity contribution in [3.8, 4) is 0 Å². The molecule has 1 heterocycles. The Balaban J connectivity index is 2.00. The molecule has 2 heteroatoms. The van der Waals surface area contributed by atoms with Crippen LogP contribution in [-0.4, -0.2) is 36.1 Å². The van der Waals surface area contributed by atoms with Gasteiger partial charge >= 0.3 is 0 Å². The highest BCUT2D eigenvalue weighted by Gasteiger charge is 2.36. The molecule has 1 N–H and O–H groups in total. The topological polar surface area (TPSA) is 15.3 Å². The molecular weight excluding hydrogens is 232 g/mol. The number of rotatable bonds is 4. The van der Waals surface area contributed by atoms with Crippen molar-refractivity contribution in [2.75, 3.05) is 13.1 Å². The van der Waals surface area contributed by atoms with Gasteiger partial charge in [0, 0.05) is 31.2 Å². The van der Waals surface area contributed by atoms with Gasteiger partial charge in [-0.25, -0.2) is 0 Å². The molecule has 1 saturated heterocycles. The van der Waals surface area contributed by atoms with Crippen molar-refractivity contribution in [2.45, 2.75) is 78.4 Å². The molecule has 4 atom stereocenters. The third-order valence-corrected chi connectivity index (χ3v) is 5.13. The summed E-state index contributed by atoms with van der Waals surface area (Å²) in [4.78, 5) is 2.87. The van der Waals surface area contributed by atoms with E-state index in [0.29, 0.717) is 6.04 Å². The number of hydrogen-bond acceptors (Lipinski definition) is 2. The summed E-state index contributed by atoms with van der Waals surface area (Å²) in [7, 11) is 0. The van der Waals surface area contributed by atoms with E-state index in [9.17, 15) is 0 Å². The molecule has 0 aromatic heterocycles. The molecule has 2 nitrogen and oxygen atoms in total. The van der Waals surface area contributed by atoms with E-state index in [0.717, 1.165) is 29.8 Å². The summed E-state index contributed by atoms with van der Waals surface area (Å²) in [6.45, 7) is 14.4. The van der Waals surface area contributed by atoms with Crippen LogP contribution in [0.2, 0.25) is 0 Å². The molecule has 1 aliphatic heterocycles. The van der Waals surface area contributed by atoms with Crippen LogP contribution in [0.5, 0.6) is 0 Å². The molecule has 1 saturated carbocycles. The van der Waals surface area contributed by atoms with Gasteiger partial charge in [-0.15, -0.1) is 0 Å². The highest BCUT2D eigenvalue weighted by atomic mass is 15.3. The van der Waals surface area contributed by atoms with Crippen molar-refractivity contribution in [2.24, 2.45) is 17.8 Å². The summed E-state index contributed by atoms with van der Waals surface area (Å²) in [5.41, 5.74) is 0. The lowest BCUT2D eigenvalue weighted by Gasteiger charge is -2.46. The lowest BCUT2D eigenvalue weighted by atomic mass is 9.93. The first-order valence-electron chi connectivity index (χ1n) is 8.46. The van der Waals surface area contributed by atoms with Gasteiger partial charge in [-0.3, -0.25) is 4.90 Å². The molecule has 19 heavy (non-hydrogen) atoms. The quantitative estimate of drug-likeness (QED) is 0.837. The Bertz CT molecular complexity index is 274. The second-order valence-electron chi connectivity index (χ2n) is 7.81. The maximum absolute atomic E-state index is 3.80. The first kappa shape index (κ1) is 15.3. The molecule has 0 bridgehead atoms. The Kier molecular flexibility index (Phi) is 5.30. The third kappa shape index (κ3) is 3.95. The molecule has 0 radical (unpaired) electrons. The van der Waals surface area contributed by atoms with Crippen molar-refractivity contribution in [3.05, 3.63) is 0 Å². The van der Waals surface area contributed by atoms with Crippen molar-refractivity contribution in [3.63, 3.8) is 0 Å². The van der Waals surface area contributed by atoms with Gasteiger partial charge in [0.15, 0.2) is 0 Å². The zero-order valence-electron chi connectivity index (χ0n) is 13.7. The summed E-state index contributed by atoms with van der Waals surface area (Å²) in [6, 6.07) is 2.32. The minimum atomic E-state index is 0.714. The van der Waals surface area contributed by atoms with Crippen LogP contribution in [0.15, 0.2) is 0 Å². The van der Waals surface area contributed by atoms with E-state index >= 15 is 0 Å². The molecular formula is C17H34N2. The molecule has 4 unspecified atom stereocenters. The number of piperazine rings is 1. The molecule has 0 aromatic carbocycles. The highest BCUT2D eigenvalue weighted by Crippen LogP contribution is 2.32. The molecule has 1 aliphatic carbocycles. The number of nitrogens with zero attached hydrogens (tertiary/aromatic N) is 1. The monoisotopic (exact) mass is 266 g/mol. The Labute approximate surface area is 120 Å². The predicted molar refractivity (Wildman–Crippen MR) is 83.4 cm³/mol. The number of hydrogen-bond donors (Lipinski definition) is 1. The minimum absolute atomic E-state index is 0.714. The van der Waals surface area contributed by atoms with Crippen LogP contribution >= 0.6 is 0 Å². The van der Waals surface area contributed by atoms with Gasteiger partial charge in [0.1, 0.15) is 0 Å². The van der Waals surface area contributed by atoms with Gasteiger partial charge in [-0.2, -0.15) is 0 Å². The molecule has 2 fully saturated rings. The SMILES string of the molecule is CC(C)CC1CN(C2CCC(C)C2)C(C(C)C)CN1. The summed E-state index contributed by atoms with van der Waals surface area (Å²) in [5.74, 6) is 2.51. The van der Waals surface area contributed by atoms with Crippen LogP contribution in [0.25, 0.3) is 0 Å². The summed E-state index contributed by atoms with van der Waals surface area (Å²) >= 11 is 0. The molecule has 0 spiro atoms. The van der Waals surface area contributed by atoms with E-state index < -0.39 is 0 Å². The fourth-order valence-corrected chi connectivity index (χ4v) is 4.10. The lowest BCUT2D eigenvalue weighted by Crippen LogP contribution is -2.60. The Morgan fingerprint density at radius 1 is 1.16 bits per heavy atom. The Hall–Kier alpha value is -0.0800. The lowest BCUT2D eigenvalue weighted by molar-refractivity contribution is 0.0519. The zero-order valence-corrected chi connectivity index (χ0v) is 13.7. The van der Waals surface area contributed by atoms with Crippen molar-refractivity contribution in [1.29, 1.82) is 0 Å². The molecule has 0 aromatic rings. The van der Waals surface area contributed by atoms with Gasteiger partial charge in [-0.1, -0.05) is 34.6 Å². The van der Waals surface area contributed by atoms with E-state index in [1.54, 1.807) is 0 Å². The summed E-state index contributed by atoms with van der Waals surface area (Å²) in [6.07, 6.45) is 5.62. The van der Waals surface area contributed by atoms with Crippen molar-refractivity contribution < 1.29 is 0 Å². The molecule has 112 valence electrons. The Morgan fingerprint density at radius 2 is 1.89 bits per heavy atom. The highest BCUT2D eigenvalue weighted by molar-refractivity contribution is 4.93. The maximum Gasteiger partial charge on any atom is 0.0247 e. The molecule has 2 aliphatic rings. The summed E-state index contributed by atoms with van der Waals surface area (Å²) in [5, 5.41) is 3.80. The molecule has 2 rings (SSSR count). The fourth-order valence-electron chi connectivity index (χ4n) is 4.10. The van der Waals surface area contributed by atoms with E-state index in [4.69, 9.17) is 0 Å². The fraction of sp³-hybridized carbons (Fsp3) is 1.00. The minimum Gasteiger partial charge on any atom is -0.311 e.